The average Bonchev–Trinajstić information content (AvgIpc) is 2.98. The molecule has 9 heteroatoms. The molecule has 31 heavy (non-hydrogen) atoms. The molecule has 180 valence electrons. The maximum absolute atomic E-state index is 12.3. The molecule has 0 unspecified atom stereocenters. The second-order valence-corrected chi connectivity index (χ2v) is 10.9. The molecule has 0 aromatic heterocycles. The Morgan fingerprint density at radius 2 is 1.94 bits per heavy atom. The van der Waals surface area contributed by atoms with Crippen LogP contribution in [0.2, 0.25) is 0 Å². The fraction of sp³-hybridized carbons (Fsp3) is 0.818. The molecule has 1 amide bonds. The number of nitrogens with one attached hydrogen (secondary N) is 1. The molecule has 0 aliphatic heterocycles. The highest BCUT2D eigenvalue weighted by Crippen LogP contribution is 2.34. The van der Waals surface area contributed by atoms with Crippen LogP contribution in [0.1, 0.15) is 78.6 Å². The first-order valence-electron chi connectivity index (χ1n) is 11.1. The van der Waals surface area contributed by atoms with Crippen LogP contribution in [0.4, 0.5) is 0 Å². The van der Waals surface area contributed by atoms with Crippen molar-refractivity contribution in [3.63, 3.8) is 0 Å². The molecule has 2 atom stereocenters. The van der Waals surface area contributed by atoms with Gasteiger partial charge in [0.25, 0.3) is 5.91 Å². The molecule has 0 aromatic rings. The van der Waals surface area contributed by atoms with E-state index in [2.05, 4.69) is 32.9 Å². The van der Waals surface area contributed by atoms with Gasteiger partial charge in [-0.2, -0.15) is 0 Å². The summed E-state index contributed by atoms with van der Waals surface area (Å²) in [6.07, 6.45) is 10.3. The van der Waals surface area contributed by atoms with Crippen molar-refractivity contribution in [1.82, 2.24) is 4.72 Å². The Morgan fingerprint density at radius 3 is 2.55 bits per heavy atom. The van der Waals surface area contributed by atoms with Crippen molar-refractivity contribution in [2.24, 2.45) is 11.8 Å². The third-order valence-corrected chi connectivity index (χ3v) is 6.08. The number of ether oxygens (including phenoxy) is 1. The number of sulfonamides is 1. The standard InChI is InChI=1S/C22H39NO7S/c1-5-16-30-21(2,3)14-9-10-17-12-13-19(24)18(17)11-7-6-8-15-22(26,27)20(25)23-31(4,28)29/h9-10,17-18,26-27H,5-8,11-16H2,1-4H3,(H,23,25)/t17-,18+/m0/s1. The minimum Gasteiger partial charge on any atom is -0.375 e. The van der Waals surface area contributed by atoms with E-state index in [4.69, 9.17) is 4.74 Å². The topological polar surface area (TPSA) is 130 Å². The van der Waals surface area contributed by atoms with E-state index in [9.17, 15) is 28.2 Å². The molecule has 1 rings (SSSR count). The molecule has 3 N–H and O–H groups in total. The minimum absolute atomic E-state index is 0.0301. The fourth-order valence-electron chi connectivity index (χ4n) is 3.78. The number of aliphatic hydroxyl groups is 2. The van der Waals surface area contributed by atoms with Crippen molar-refractivity contribution < 1.29 is 33.0 Å². The number of hydrogen-bond acceptors (Lipinski definition) is 7. The van der Waals surface area contributed by atoms with E-state index < -0.39 is 21.7 Å². The van der Waals surface area contributed by atoms with Crippen LogP contribution in [-0.4, -0.2) is 54.6 Å². The third-order valence-electron chi connectivity index (χ3n) is 5.53. The normalized spacial score (nSPS) is 20.5. The van der Waals surface area contributed by atoms with Crippen LogP contribution in [0, 0.1) is 11.8 Å². The number of carbonyl (C=O) groups excluding carboxylic acids is 2. The predicted octanol–water partition coefficient (Wildman–Crippen LogP) is 2.44. The van der Waals surface area contributed by atoms with E-state index in [1.165, 1.54) is 0 Å². The Labute approximate surface area is 186 Å². The lowest BCUT2D eigenvalue weighted by molar-refractivity contribution is -0.185. The number of Topliss-reactive ketones (excluding diaryl/α,β-unsaturated/α-hetero) is 1. The van der Waals surface area contributed by atoms with E-state index in [-0.39, 0.29) is 29.6 Å². The first kappa shape index (κ1) is 27.7. The molecule has 1 aliphatic rings. The lowest BCUT2D eigenvalue weighted by Gasteiger charge is -2.24. The second kappa shape index (κ2) is 12.1. The highest BCUT2D eigenvalue weighted by molar-refractivity contribution is 7.89. The molecule has 0 saturated heterocycles. The predicted molar refractivity (Wildman–Crippen MR) is 119 cm³/mol. The molecular formula is C22H39NO7S. The molecule has 1 fully saturated rings. The average molecular weight is 462 g/mol. The quantitative estimate of drug-likeness (QED) is 0.206. The zero-order valence-corrected chi connectivity index (χ0v) is 20.0. The van der Waals surface area contributed by atoms with E-state index >= 15 is 0 Å². The molecule has 0 aromatic carbocycles. The first-order chi connectivity index (χ1) is 14.3. The number of hydrogen-bond donors (Lipinski definition) is 3. The van der Waals surface area contributed by atoms with Gasteiger partial charge in [0.05, 0.1) is 11.9 Å². The summed E-state index contributed by atoms with van der Waals surface area (Å²) in [5.41, 5.74) is -0.227. The Hall–Kier alpha value is -1.29. The fourth-order valence-corrected chi connectivity index (χ4v) is 4.28. The minimum atomic E-state index is -3.86. The first-order valence-corrected chi connectivity index (χ1v) is 13.0. The Kier molecular flexibility index (Phi) is 10.8. The van der Waals surface area contributed by atoms with Crippen molar-refractivity contribution in [3.05, 3.63) is 12.2 Å². The Bertz CT molecular complexity index is 728. The van der Waals surface area contributed by atoms with Crippen molar-refractivity contribution in [2.75, 3.05) is 12.9 Å². The van der Waals surface area contributed by atoms with Gasteiger partial charge in [-0.05, 0) is 51.9 Å². The maximum atomic E-state index is 12.3. The van der Waals surface area contributed by atoms with Crippen LogP contribution in [-0.2, 0) is 24.3 Å². The molecule has 8 nitrogen and oxygen atoms in total. The summed E-state index contributed by atoms with van der Waals surface area (Å²) in [6, 6.07) is 0. The summed E-state index contributed by atoms with van der Waals surface area (Å²) in [6.45, 7) is 6.92. The van der Waals surface area contributed by atoms with Gasteiger partial charge in [-0.3, -0.25) is 9.59 Å². The molecular weight excluding hydrogens is 422 g/mol. The highest BCUT2D eigenvalue weighted by atomic mass is 32.2. The molecule has 0 spiro atoms. The Morgan fingerprint density at radius 1 is 1.26 bits per heavy atom. The number of allylic oxidation sites excluding steroid dienone is 1. The smallest absolute Gasteiger partial charge is 0.293 e. The van der Waals surface area contributed by atoms with Gasteiger partial charge in [0.15, 0.2) is 0 Å². The summed E-state index contributed by atoms with van der Waals surface area (Å²) in [5.74, 6) is -3.63. The highest BCUT2D eigenvalue weighted by Gasteiger charge is 2.35. The molecule has 0 bridgehead atoms. The lowest BCUT2D eigenvalue weighted by atomic mass is 9.89. The third kappa shape index (κ3) is 10.7. The lowest BCUT2D eigenvalue weighted by Crippen LogP contribution is -2.48. The van der Waals surface area contributed by atoms with Gasteiger partial charge in [0.1, 0.15) is 5.78 Å². The number of rotatable bonds is 14. The number of ketones is 1. The van der Waals surface area contributed by atoms with Gasteiger partial charge < -0.3 is 14.9 Å². The van der Waals surface area contributed by atoms with Gasteiger partial charge in [-0.15, -0.1) is 0 Å². The summed E-state index contributed by atoms with van der Waals surface area (Å²) < 4.78 is 29.5. The van der Waals surface area contributed by atoms with Crippen molar-refractivity contribution >= 4 is 21.7 Å². The van der Waals surface area contributed by atoms with Gasteiger partial charge in [0.2, 0.25) is 15.8 Å². The zero-order chi connectivity index (χ0) is 23.7. The van der Waals surface area contributed by atoms with Gasteiger partial charge in [-0.1, -0.05) is 31.9 Å². The Balaban J connectivity index is 2.43. The van der Waals surface area contributed by atoms with Crippen LogP contribution in [0.5, 0.6) is 0 Å². The van der Waals surface area contributed by atoms with Crippen LogP contribution in [0.15, 0.2) is 12.2 Å². The molecule has 0 heterocycles. The van der Waals surface area contributed by atoms with Crippen molar-refractivity contribution in [3.8, 4) is 0 Å². The van der Waals surface area contributed by atoms with E-state index in [1.807, 2.05) is 0 Å². The summed E-state index contributed by atoms with van der Waals surface area (Å²) in [5, 5.41) is 19.5. The molecule has 1 aliphatic carbocycles. The largest absolute Gasteiger partial charge is 0.375 e. The van der Waals surface area contributed by atoms with Gasteiger partial charge in [0, 0.05) is 25.4 Å². The molecule has 0 radical (unpaired) electrons. The van der Waals surface area contributed by atoms with Gasteiger partial charge >= 0.3 is 0 Å². The number of unbranched alkanes of at least 4 members (excludes halogenated alkanes) is 2. The van der Waals surface area contributed by atoms with Crippen LogP contribution < -0.4 is 4.72 Å². The van der Waals surface area contributed by atoms with Gasteiger partial charge in [-0.25, -0.2) is 13.1 Å². The maximum Gasteiger partial charge on any atom is 0.293 e. The van der Waals surface area contributed by atoms with E-state index in [0.717, 1.165) is 38.5 Å². The van der Waals surface area contributed by atoms with Crippen molar-refractivity contribution in [2.45, 2.75) is 89.9 Å². The van der Waals surface area contributed by atoms with E-state index in [1.54, 1.807) is 4.72 Å². The summed E-state index contributed by atoms with van der Waals surface area (Å²) in [7, 11) is -3.86. The van der Waals surface area contributed by atoms with Crippen LogP contribution in [0.3, 0.4) is 0 Å². The summed E-state index contributed by atoms with van der Waals surface area (Å²) >= 11 is 0. The van der Waals surface area contributed by atoms with Crippen LogP contribution >= 0.6 is 0 Å². The zero-order valence-electron chi connectivity index (χ0n) is 19.2. The van der Waals surface area contributed by atoms with Crippen molar-refractivity contribution in [1.29, 1.82) is 0 Å². The SMILES string of the molecule is CCCOC(C)(C)CC=C[C@H]1CCC(=O)[C@@H]1CCCCCC(O)(O)C(=O)NS(C)(=O)=O. The number of carbonyl (C=O) groups is 2. The number of amides is 1. The second-order valence-electron chi connectivity index (χ2n) is 9.14. The monoisotopic (exact) mass is 461 g/mol. The van der Waals surface area contributed by atoms with E-state index in [0.29, 0.717) is 25.7 Å². The van der Waals surface area contributed by atoms with Crippen LogP contribution in [0.25, 0.3) is 0 Å². The summed E-state index contributed by atoms with van der Waals surface area (Å²) in [4.78, 5) is 23.9. The molecule has 1 saturated carbocycles.